The monoisotopic (exact) mass is 488 g/mol. The van der Waals surface area contributed by atoms with Gasteiger partial charge in [-0.2, -0.15) is 0 Å². The first-order valence-electron chi connectivity index (χ1n) is 8.24. The van der Waals surface area contributed by atoms with Crippen molar-refractivity contribution in [1.82, 2.24) is 5.48 Å². The summed E-state index contributed by atoms with van der Waals surface area (Å²) >= 11 is 2.20. The van der Waals surface area contributed by atoms with Crippen LogP contribution in [-0.4, -0.2) is 34.4 Å². The van der Waals surface area contributed by atoms with Crippen LogP contribution in [0.4, 0.5) is 15.8 Å². The smallest absolute Gasteiger partial charge is 0.276 e. The maximum Gasteiger partial charge on any atom is 0.276 e. The van der Waals surface area contributed by atoms with Crippen molar-refractivity contribution >= 4 is 39.9 Å². The fourth-order valence-electron chi connectivity index (χ4n) is 2.25. The molecule has 6 nitrogen and oxygen atoms in total. The first kappa shape index (κ1) is 21.5. The van der Waals surface area contributed by atoms with E-state index in [1.165, 1.54) is 32.0 Å². The van der Waals surface area contributed by atoms with Crippen molar-refractivity contribution in [1.29, 1.82) is 0 Å². The third-order valence-electron chi connectivity index (χ3n) is 4.07. The standard InChI is InChI=1S/C19H22FIN2O4/c1-11-8-13(21)5-7-15(11)22-16-9-12(20)4-6-14(16)18(26)23-27-19(2,3)17(25)10-24/h4-9,17,22,24-25H,10H2,1-3H3,(H,23,26). The number of anilines is 2. The Balaban J connectivity index is 2.23. The zero-order valence-corrected chi connectivity index (χ0v) is 17.4. The van der Waals surface area contributed by atoms with Crippen LogP contribution in [0.5, 0.6) is 0 Å². The molecule has 1 amide bonds. The molecule has 0 saturated heterocycles. The van der Waals surface area contributed by atoms with Crippen LogP contribution < -0.4 is 10.8 Å². The molecule has 146 valence electrons. The van der Waals surface area contributed by atoms with E-state index in [1.54, 1.807) is 0 Å². The number of benzene rings is 2. The molecule has 0 saturated carbocycles. The van der Waals surface area contributed by atoms with E-state index in [4.69, 9.17) is 9.94 Å². The Labute approximate surface area is 170 Å². The third kappa shape index (κ3) is 5.61. The molecule has 0 bridgehead atoms. The molecule has 4 N–H and O–H groups in total. The summed E-state index contributed by atoms with van der Waals surface area (Å²) in [6.45, 7) is 4.43. The first-order valence-corrected chi connectivity index (χ1v) is 9.32. The van der Waals surface area contributed by atoms with Crippen molar-refractivity contribution < 1.29 is 24.2 Å². The molecule has 2 aromatic carbocycles. The lowest BCUT2D eigenvalue weighted by Crippen LogP contribution is -2.46. The highest BCUT2D eigenvalue weighted by molar-refractivity contribution is 14.1. The molecule has 0 spiro atoms. The summed E-state index contributed by atoms with van der Waals surface area (Å²) in [5.74, 6) is -1.10. The molecular weight excluding hydrogens is 466 g/mol. The highest BCUT2D eigenvalue weighted by Crippen LogP contribution is 2.26. The zero-order valence-electron chi connectivity index (χ0n) is 15.2. The highest BCUT2D eigenvalue weighted by atomic mass is 127. The summed E-state index contributed by atoms with van der Waals surface area (Å²) in [5.41, 5.74) is 3.18. The molecule has 1 unspecified atom stereocenters. The van der Waals surface area contributed by atoms with Crippen molar-refractivity contribution in [2.45, 2.75) is 32.5 Å². The van der Waals surface area contributed by atoms with Crippen molar-refractivity contribution in [3.05, 3.63) is 56.9 Å². The molecule has 2 rings (SSSR count). The summed E-state index contributed by atoms with van der Waals surface area (Å²) in [6.07, 6.45) is -1.18. The van der Waals surface area contributed by atoms with Gasteiger partial charge in [0.15, 0.2) is 0 Å². The Hall–Kier alpha value is -1.75. The number of aliphatic hydroxyl groups excluding tert-OH is 2. The number of hydroxylamine groups is 1. The lowest BCUT2D eigenvalue weighted by atomic mass is 10.0. The Morgan fingerprint density at radius 2 is 1.96 bits per heavy atom. The number of carbonyl (C=O) groups excluding carboxylic acids is 1. The number of hydrogen-bond donors (Lipinski definition) is 4. The lowest BCUT2D eigenvalue weighted by Gasteiger charge is -2.28. The van der Waals surface area contributed by atoms with Crippen LogP contribution in [0.25, 0.3) is 0 Å². The molecule has 0 radical (unpaired) electrons. The Morgan fingerprint density at radius 3 is 2.59 bits per heavy atom. The fraction of sp³-hybridized carbons (Fsp3) is 0.316. The topological polar surface area (TPSA) is 90.8 Å². The molecule has 8 heteroatoms. The Morgan fingerprint density at radius 1 is 1.26 bits per heavy atom. The SMILES string of the molecule is Cc1cc(I)ccc1Nc1cc(F)ccc1C(=O)NOC(C)(C)C(O)CO. The van der Waals surface area contributed by atoms with E-state index in [2.05, 4.69) is 33.4 Å². The van der Waals surface area contributed by atoms with Crippen LogP contribution >= 0.6 is 22.6 Å². The van der Waals surface area contributed by atoms with Gasteiger partial charge in [-0.05, 0) is 85.3 Å². The van der Waals surface area contributed by atoms with Crippen molar-refractivity contribution in [2.75, 3.05) is 11.9 Å². The molecule has 0 aromatic heterocycles. The van der Waals surface area contributed by atoms with Crippen molar-refractivity contribution in [3.8, 4) is 0 Å². The summed E-state index contributed by atoms with van der Waals surface area (Å²) in [7, 11) is 0. The fourth-order valence-corrected chi connectivity index (χ4v) is 2.90. The van der Waals surface area contributed by atoms with E-state index < -0.39 is 30.0 Å². The number of amides is 1. The van der Waals surface area contributed by atoms with E-state index >= 15 is 0 Å². The predicted octanol–water partition coefficient (Wildman–Crippen LogP) is 3.28. The van der Waals surface area contributed by atoms with Gasteiger partial charge in [-0.3, -0.25) is 9.63 Å². The van der Waals surface area contributed by atoms with Crippen LogP contribution in [0.15, 0.2) is 36.4 Å². The van der Waals surface area contributed by atoms with Crippen LogP contribution in [0.1, 0.15) is 29.8 Å². The maximum absolute atomic E-state index is 13.7. The van der Waals surface area contributed by atoms with Crippen LogP contribution in [0, 0.1) is 16.3 Å². The van der Waals surface area contributed by atoms with Crippen LogP contribution in [0.3, 0.4) is 0 Å². The number of aryl methyl sites for hydroxylation is 1. The average Bonchev–Trinajstić information content (AvgIpc) is 2.61. The minimum absolute atomic E-state index is 0.170. The molecule has 0 heterocycles. The first-order chi connectivity index (χ1) is 12.6. The summed E-state index contributed by atoms with van der Waals surface area (Å²) in [5, 5.41) is 21.8. The molecule has 0 aliphatic carbocycles. The van der Waals surface area contributed by atoms with Gasteiger partial charge >= 0.3 is 0 Å². The van der Waals surface area contributed by atoms with Gasteiger partial charge in [0, 0.05) is 9.26 Å². The van der Waals surface area contributed by atoms with Gasteiger partial charge in [0.05, 0.1) is 17.9 Å². The second-order valence-electron chi connectivity index (χ2n) is 6.61. The number of aliphatic hydroxyl groups is 2. The minimum atomic E-state index is -1.20. The second kappa shape index (κ2) is 8.96. The minimum Gasteiger partial charge on any atom is -0.394 e. The van der Waals surface area contributed by atoms with Gasteiger partial charge in [-0.15, -0.1) is 0 Å². The molecule has 0 aliphatic rings. The normalized spacial score (nSPS) is 12.6. The predicted molar refractivity (Wildman–Crippen MR) is 109 cm³/mol. The van der Waals surface area contributed by atoms with Crippen LogP contribution in [0.2, 0.25) is 0 Å². The largest absolute Gasteiger partial charge is 0.394 e. The Bertz CT molecular complexity index is 829. The van der Waals surface area contributed by atoms with E-state index in [0.717, 1.165) is 14.8 Å². The quantitative estimate of drug-likeness (QED) is 0.355. The van der Waals surface area contributed by atoms with Crippen LogP contribution in [-0.2, 0) is 4.84 Å². The number of nitrogens with one attached hydrogen (secondary N) is 2. The van der Waals surface area contributed by atoms with Crippen molar-refractivity contribution in [2.24, 2.45) is 0 Å². The lowest BCUT2D eigenvalue weighted by molar-refractivity contribution is -0.144. The van der Waals surface area contributed by atoms with Gasteiger partial charge in [-0.1, -0.05) is 0 Å². The van der Waals surface area contributed by atoms with E-state index in [0.29, 0.717) is 0 Å². The molecule has 0 fully saturated rings. The molecule has 2 aromatic rings. The van der Waals surface area contributed by atoms with E-state index in [9.17, 15) is 14.3 Å². The van der Waals surface area contributed by atoms with Gasteiger partial charge in [0.2, 0.25) is 0 Å². The molecular formula is C19H22FIN2O4. The third-order valence-corrected chi connectivity index (χ3v) is 4.74. The number of hydrogen-bond acceptors (Lipinski definition) is 5. The summed E-state index contributed by atoms with van der Waals surface area (Å²) < 4.78 is 14.8. The van der Waals surface area contributed by atoms with Gasteiger partial charge in [-0.25, -0.2) is 9.87 Å². The molecule has 1 atom stereocenters. The zero-order chi connectivity index (χ0) is 20.2. The van der Waals surface area contributed by atoms with Gasteiger partial charge in [0.25, 0.3) is 5.91 Å². The number of carbonyl (C=O) groups is 1. The number of halogens is 2. The van der Waals surface area contributed by atoms with Gasteiger partial charge < -0.3 is 15.5 Å². The van der Waals surface area contributed by atoms with Crippen molar-refractivity contribution in [3.63, 3.8) is 0 Å². The maximum atomic E-state index is 13.7. The summed E-state index contributed by atoms with van der Waals surface area (Å²) in [4.78, 5) is 17.8. The number of rotatable bonds is 7. The highest BCUT2D eigenvalue weighted by Gasteiger charge is 2.30. The van der Waals surface area contributed by atoms with E-state index in [-0.39, 0.29) is 11.3 Å². The van der Waals surface area contributed by atoms with Gasteiger partial charge in [0.1, 0.15) is 17.5 Å². The molecule has 27 heavy (non-hydrogen) atoms. The summed E-state index contributed by atoms with van der Waals surface area (Å²) in [6, 6.07) is 9.45. The Kier molecular flexibility index (Phi) is 7.15. The second-order valence-corrected chi connectivity index (χ2v) is 7.85. The van der Waals surface area contributed by atoms with E-state index in [1.807, 2.05) is 25.1 Å². The molecule has 0 aliphatic heterocycles. The average molecular weight is 488 g/mol.